The summed E-state index contributed by atoms with van der Waals surface area (Å²) >= 11 is 0. The average molecular weight is 486 g/mol. The fourth-order valence-electron chi connectivity index (χ4n) is 3.92. The van der Waals surface area contributed by atoms with Crippen LogP contribution in [0.2, 0.25) is 0 Å². The predicted molar refractivity (Wildman–Crippen MR) is 120 cm³/mol. The Bertz CT molecular complexity index is 920. The molecule has 4 N–H and O–H groups in total. The topological polar surface area (TPSA) is 154 Å². The van der Waals surface area contributed by atoms with Gasteiger partial charge in [-0.25, -0.2) is 13.2 Å². The third-order valence-electron chi connectivity index (χ3n) is 6.08. The maximum atomic E-state index is 13.1. The molecule has 12 heteroatoms. The highest BCUT2D eigenvalue weighted by molar-refractivity contribution is 7.91. The second kappa shape index (κ2) is 9.11. The molecule has 0 spiro atoms. The molecule has 2 aliphatic carbocycles. The monoisotopic (exact) mass is 485 g/mol. The number of urea groups is 1. The van der Waals surface area contributed by atoms with Gasteiger partial charge in [-0.3, -0.25) is 19.1 Å². The Labute approximate surface area is 194 Å². The fraction of sp³-hybridized carbons (Fsp3) is 0.810. The lowest BCUT2D eigenvalue weighted by atomic mass is 10.1. The Kier molecular flexibility index (Phi) is 6.97. The number of rotatable bonds is 8. The number of nitrogens with zero attached hydrogens (tertiary/aromatic N) is 1. The Hall–Kier alpha value is -2.37. The minimum atomic E-state index is -3.71. The van der Waals surface area contributed by atoms with Crippen molar-refractivity contribution in [2.45, 2.75) is 101 Å². The van der Waals surface area contributed by atoms with Crippen LogP contribution in [0.15, 0.2) is 0 Å². The molecule has 0 radical (unpaired) electrons. The SMILES string of the molecule is CCC(NC(=O)NC(C)(C)C)C(=O)N1CCC[C@H]1C(=O)NC1(C(=O)NS(=O)(=O)C2CC2)CC1. The van der Waals surface area contributed by atoms with Gasteiger partial charge in [-0.2, -0.15) is 0 Å². The van der Waals surface area contributed by atoms with E-state index in [0.717, 1.165) is 0 Å². The molecule has 33 heavy (non-hydrogen) atoms. The zero-order chi connectivity index (χ0) is 24.6. The van der Waals surface area contributed by atoms with Crippen molar-refractivity contribution in [3.8, 4) is 0 Å². The second-order valence-corrected chi connectivity index (χ2v) is 12.2. The maximum absolute atomic E-state index is 13.1. The number of hydrogen-bond donors (Lipinski definition) is 4. The molecular formula is C21H35N5O6S. The van der Waals surface area contributed by atoms with Gasteiger partial charge in [0.05, 0.1) is 5.25 Å². The number of sulfonamides is 1. The van der Waals surface area contributed by atoms with E-state index in [1.807, 2.05) is 20.8 Å². The summed E-state index contributed by atoms with van der Waals surface area (Å²) in [6.45, 7) is 7.63. The first-order chi connectivity index (χ1) is 15.3. The number of carbonyl (C=O) groups excluding carboxylic acids is 4. The Balaban J connectivity index is 1.61. The Morgan fingerprint density at radius 2 is 1.73 bits per heavy atom. The van der Waals surface area contributed by atoms with Gasteiger partial charge in [0, 0.05) is 12.1 Å². The van der Waals surface area contributed by atoms with E-state index in [-0.39, 0.29) is 5.91 Å². The summed E-state index contributed by atoms with van der Waals surface area (Å²) < 4.78 is 26.3. The van der Waals surface area contributed by atoms with Crippen molar-refractivity contribution in [3.05, 3.63) is 0 Å². The van der Waals surface area contributed by atoms with Crippen LogP contribution < -0.4 is 20.7 Å². The van der Waals surface area contributed by atoms with Gasteiger partial charge in [-0.05, 0) is 65.7 Å². The molecule has 2 saturated carbocycles. The Morgan fingerprint density at radius 1 is 1.09 bits per heavy atom. The molecule has 11 nitrogen and oxygen atoms in total. The van der Waals surface area contributed by atoms with E-state index in [1.54, 1.807) is 6.92 Å². The molecule has 0 bridgehead atoms. The lowest BCUT2D eigenvalue weighted by Gasteiger charge is -2.30. The van der Waals surface area contributed by atoms with Crippen molar-refractivity contribution in [3.63, 3.8) is 0 Å². The Morgan fingerprint density at radius 3 is 2.24 bits per heavy atom. The van der Waals surface area contributed by atoms with Gasteiger partial charge >= 0.3 is 6.03 Å². The van der Waals surface area contributed by atoms with E-state index in [0.29, 0.717) is 51.5 Å². The molecular weight excluding hydrogens is 450 g/mol. The summed E-state index contributed by atoms with van der Waals surface area (Å²) in [4.78, 5) is 52.4. The molecule has 3 aliphatic rings. The van der Waals surface area contributed by atoms with Gasteiger partial charge in [0.2, 0.25) is 21.8 Å². The zero-order valence-corrected chi connectivity index (χ0v) is 20.5. The van der Waals surface area contributed by atoms with E-state index in [1.165, 1.54) is 4.90 Å². The first-order valence-corrected chi connectivity index (χ1v) is 13.1. The predicted octanol–water partition coefficient (Wildman–Crippen LogP) is 0.111. The van der Waals surface area contributed by atoms with Gasteiger partial charge in [0.15, 0.2) is 0 Å². The molecule has 1 unspecified atom stereocenters. The van der Waals surface area contributed by atoms with Gasteiger partial charge in [-0.15, -0.1) is 0 Å². The molecule has 1 saturated heterocycles. The highest BCUT2D eigenvalue weighted by atomic mass is 32.2. The van der Waals surface area contributed by atoms with E-state index >= 15 is 0 Å². The maximum Gasteiger partial charge on any atom is 0.315 e. The smallest absolute Gasteiger partial charge is 0.315 e. The quantitative estimate of drug-likeness (QED) is 0.383. The van der Waals surface area contributed by atoms with Gasteiger partial charge < -0.3 is 20.9 Å². The zero-order valence-electron chi connectivity index (χ0n) is 19.7. The first-order valence-electron chi connectivity index (χ1n) is 11.6. The molecule has 0 aromatic heterocycles. The molecule has 3 rings (SSSR count). The fourth-order valence-corrected chi connectivity index (χ4v) is 5.30. The van der Waals surface area contributed by atoms with Crippen molar-refractivity contribution in [1.29, 1.82) is 0 Å². The minimum absolute atomic E-state index is 0.345. The van der Waals surface area contributed by atoms with Crippen molar-refractivity contribution in [1.82, 2.24) is 25.6 Å². The van der Waals surface area contributed by atoms with E-state index < -0.39 is 56.3 Å². The van der Waals surface area contributed by atoms with E-state index in [9.17, 15) is 27.6 Å². The van der Waals surface area contributed by atoms with E-state index in [2.05, 4.69) is 20.7 Å². The van der Waals surface area contributed by atoms with Crippen LogP contribution in [0.5, 0.6) is 0 Å². The highest BCUT2D eigenvalue weighted by Crippen LogP contribution is 2.37. The standard InChI is InChI=1S/C21H35N5O6S/c1-5-14(22-19(30)24-20(2,3)4)17(28)26-12-6-7-15(26)16(27)23-21(10-11-21)18(29)25-33(31,32)13-8-9-13/h13-15H,5-12H2,1-4H3,(H,23,27)(H,25,29)(H2,22,24,30)/t14?,15-/m0/s1. The van der Waals surface area contributed by atoms with Crippen LogP contribution in [0, 0.1) is 0 Å². The highest BCUT2D eigenvalue weighted by Gasteiger charge is 2.54. The summed E-state index contributed by atoms with van der Waals surface area (Å²) in [6, 6.07) is -2.03. The van der Waals surface area contributed by atoms with Crippen LogP contribution in [0.1, 0.15) is 72.6 Å². The first kappa shape index (κ1) is 25.3. The van der Waals surface area contributed by atoms with Gasteiger partial charge in [-0.1, -0.05) is 6.92 Å². The summed E-state index contributed by atoms with van der Waals surface area (Å²) in [5, 5.41) is 7.59. The largest absolute Gasteiger partial charge is 0.340 e. The normalized spacial score (nSPS) is 22.8. The number of hydrogen-bond acceptors (Lipinski definition) is 6. The lowest BCUT2D eigenvalue weighted by Crippen LogP contribution is -2.58. The van der Waals surface area contributed by atoms with Crippen molar-refractivity contribution >= 4 is 33.8 Å². The molecule has 0 aromatic carbocycles. The lowest BCUT2D eigenvalue weighted by molar-refractivity contribution is -0.140. The van der Waals surface area contributed by atoms with Crippen LogP contribution in [0.25, 0.3) is 0 Å². The average Bonchev–Trinajstić information content (AvgIpc) is 3.62. The molecule has 1 aliphatic heterocycles. The van der Waals surface area contributed by atoms with Crippen molar-refractivity contribution in [2.75, 3.05) is 6.54 Å². The van der Waals surface area contributed by atoms with Crippen LogP contribution >= 0.6 is 0 Å². The van der Waals surface area contributed by atoms with Crippen LogP contribution in [-0.2, 0) is 24.4 Å². The van der Waals surface area contributed by atoms with Crippen LogP contribution in [0.4, 0.5) is 4.79 Å². The van der Waals surface area contributed by atoms with Crippen molar-refractivity contribution < 1.29 is 27.6 Å². The number of likely N-dealkylation sites (tertiary alicyclic amines) is 1. The molecule has 186 valence electrons. The number of amides is 5. The molecule has 2 atom stereocenters. The second-order valence-electron chi connectivity index (χ2n) is 10.2. The summed E-state index contributed by atoms with van der Waals surface area (Å²) in [5.41, 5.74) is -1.71. The van der Waals surface area contributed by atoms with Crippen LogP contribution in [-0.4, -0.2) is 72.0 Å². The third kappa shape index (κ3) is 6.15. The molecule has 5 amide bonds. The van der Waals surface area contributed by atoms with Gasteiger partial charge in [0.1, 0.15) is 17.6 Å². The van der Waals surface area contributed by atoms with E-state index in [4.69, 9.17) is 0 Å². The van der Waals surface area contributed by atoms with Crippen molar-refractivity contribution in [2.24, 2.45) is 0 Å². The minimum Gasteiger partial charge on any atom is -0.340 e. The van der Waals surface area contributed by atoms with Gasteiger partial charge in [0.25, 0.3) is 5.91 Å². The summed E-state index contributed by atoms with van der Waals surface area (Å²) in [6.07, 6.45) is 3.15. The molecule has 1 heterocycles. The number of nitrogens with one attached hydrogen (secondary N) is 4. The summed E-state index contributed by atoms with van der Waals surface area (Å²) in [7, 11) is -3.71. The van der Waals surface area contributed by atoms with Crippen LogP contribution in [0.3, 0.4) is 0 Å². The number of carbonyl (C=O) groups is 4. The molecule has 0 aromatic rings. The summed E-state index contributed by atoms with van der Waals surface area (Å²) in [5.74, 6) is -1.55. The third-order valence-corrected chi connectivity index (χ3v) is 7.90. The molecule has 3 fully saturated rings.